The van der Waals surface area contributed by atoms with E-state index in [4.69, 9.17) is 9.47 Å². The van der Waals surface area contributed by atoms with E-state index >= 15 is 4.39 Å². The quantitative estimate of drug-likeness (QED) is 0.170. The lowest BCUT2D eigenvalue weighted by molar-refractivity contribution is -0.126. The summed E-state index contributed by atoms with van der Waals surface area (Å²) in [6.45, 7) is 4.85. The Kier molecular flexibility index (Phi) is 8.05. The first kappa shape index (κ1) is 29.7. The maximum atomic E-state index is 15.4. The second-order valence-corrected chi connectivity index (χ2v) is 11.1. The lowest BCUT2D eigenvalue weighted by Gasteiger charge is -2.32. The highest BCUT2D eigenvalue weighted by Gasteiger charge is 2.23. The number of hydrogen-bond donors (Lipinski definition) is 2. The number of anilines is 3. The minimum absolute atomic E-state index is 0.0584. The molecule has 0 atom stereocenters. The van der Waals surface area contributed by atoms with Gasteiger partial charge in [-0.3, -0.25) is 9.78 Å². The van der Waals surface area contributed by atoms with E-state index < -0.39 is 5.82 Å². The fourth-order valence-corrected chi connectivity index (χ4v) is 5.66. The molecule has 0 saturated carbocycles. The number of carbonyl (C=O) groups excluding carboxylic acids is 1. The van der Waals surface area contributed by atoms with Gasteiger partial charge in [0.1, 0.15) is 29.5 Å². The molecule has 1 aliphatic rings. The van der Waals surface area contributed by atoms with Crippen LogP contribution < -0.4 is 20.1 Å². The lowest BCUT2D eigenvalue weighted by Crippen LogP contribution is -2.41. The van der Waals surface area contributed by atoms with E-state index in [1.54, 1.807) is 47.3 Å². The molecule has 1 aliphatic heterocycles. The van der Waals surface area contributed by atoms with Crippen LogP contribution in [0.5, 0.6) is 17.4 Å². The number of hydrogen-bond acceptors (Lipinski definition) is 9. The molecular weight excluding hydrogens is 599 g/mol. The molecule has 12 heteroatoms. The molecule has 3 aromatic carbocycles. The van der Waals surface area contributed by atoms with Crippen molar-refractivity contribution in [3.05, 3.63) is 104 Å². The van der Waals surface area contributed by atoms with Gasteiger partial charge in [-0.1, -0.05) is 24.8 Å². The first-order chi connectivity index (χ1) is 23.0. The van der Waals surface area contributed by atoms with Gasteiger partial charge in [-0.25, -0.2) is 19.0 Å². The summed E-state index contributed by atoms with van der Waals surface area (Å²) in [5.74, 6) is 1.07. The number of nitrogens with zero attached hydrogens (tertiary/aromatic N) is 6. The van der Waals surface area contributed by atoms with Gasteiger partial charge in [0.05, 0.1) is 41.4 Å². The number of fused-ring (bicyclic) bond motifs is 2. The molecule has 47 heavy (non-hydrogen) atoms. The minimum atomic E-state index is -0.528. The third kappa shape index (κ3) is 6.25. The van der Waals surface area contributed by atoms with Crippen LogP contribution in [-0.4, -0.2) is 61.8 Å². The predicted molar refractivity (Wildman–Crippen MR) is 178 cm³/mol. The summed E-state index contributed by atoms with van der Waals surface area (Å²) in [5.41, 5.74) is 3.28. The Bertz CT molecular complexity index is 2110. The maximum absolute atomic E-state index is 15.4. The highest BCUT2D eigenvalue weighted by Crippen LogP contribution is 2.35. The summed E-state index contributed by atoms with van der Waals surface area (Å²) in [4.78, 5) is 27.1. The summed E-state index contributed by atoms with van der Waals surface area (Å²) in [5, 5.41) is 12.8. The van der Waals surface area contributed by atoms with Crippen LogP contribution >= 0.6 is 0 Å². The summed E-state index contributed by atoms with van der Waals surface area (Å²) in [6, 6.07) is 19.9. The summed E-state index contributed by atoms with van der Waals surface area (Å²) in [7, 11) is 1.60. The number of nitrogens with one attached hydrogen (secondary N) is 2. The molecule has 4 heterocycles. The van der Waals surface area contributed by atoms with Gasteiger partial charge in [0.25, 0.3) is 0 Å². The van der Waals surface area contributed by atoms with Crippen LogP contribution in [0.3, 0.4) is 0 Å². The Morgan fingerprint density at radius 2 is 1.85 bits per heavy atom. The number of likely N-dealkylation sites (tertiary alicyclic amines) is 1. The van der Waals surface area contributed by atoms with E-state index in [1.807, 2.05) is 42.5 Å². The van der Waals surface area contributed by atoms with Gasteiger partial charge in [-0.2, -0.15) is 0 Å². The Labute approximate surface area is 269 Å². The molecule has 1 fully saturated rings. The highest BCUT2D eigenvalue weighted by atomic mass is 19.1. The van der Waals surface area contributed by atoms with E-state index in [0.717, 1.165) is 35.1 Å². The zero-order chi connectivity index (χ0) is 32.3. The number of benzene rings is 3. The van der Waals surface area contributed by atoms with Crippen LogP contribution in [0.2, 0.25) is 0 Å². The molecule has 1 amide bonds. The Hall–Kier alpha value is -6.04. The molecule has 236 valence electrons. The molecule has 7 rings (SSSR count). The van der Waals surface area contributed by atoms with E-state index in [-0.39, 0.29) is 17.6 Å². The third-order valence-corrected chi connectivity index (χ3v) is 8.12. The molecule has 0 unspecified atom stereocenters. The van der Waals surface area contributed by atoms with Crippen molar-refractivity contribution in [3.63, 3.8) is 0 Å². The number of ether oxygens (including phenoxy) is 2. The van der Waals surface area contributed by atoms with Crippen molar-refractivity contribution in [2.45, 2.75) is 18.9 Å². The normalized spacial score (nSPS) is 13.4. The van der Waals surface area contributed by atoms with E-state index in [0.29, 0.717) is 47.2 Å². The van der Waals surface area contributed by atoms with Crippen molar-refractivity contribution in [1.82, 2.24) is 29.6 Å². The number of halogens is 1. The SMILES string of the molecule is C=CC(=O)N1CCC(Nc2cc3c(Nc4ccc(Oc5ccn(-c6cnc7ccccc7c6)n5)cc4F)ncnc3cc2OC)CC1. The van der Waals surface area contributed by atoms with Crippen molar-refractivity contribution in [1.29, 1.82) is 0 Å². The first-order valence-electron chi connectivity index (χ1n) is 15.1. The summed E-state index contributed by atoms with van der Waals surface area (Å²) >= 11 is 0. The number of aromatic nitrogens is 5. The Morgan fingerprint density at radius 3 is 2.66 bits per heavy atom. The Balaban J connectivity index is 1.07. The number of carbonyl (C=O) groups is 1. The zero-order valence-corrected chi connectivity index (χ0v) is 25.6. The van der Waals surface area contributed by atoms with Gasteiger partial charge in [0.15, 0.2) is 0 Å². The van der Waals surface area contributed by atoms with Crippen molar-refractivity contribution in [2.75, 3.05) is 30.8 Å². The largest absolute Gasteiger partial charge is 0.495 e. The maximum Gasteiger partial charge on any atom is 0.245 e. The van der Waals surface area contributed by atoms with Crippen LogP contribution in [0, 0.1) is 5.82 Å². The first-order valence-corrected chi connectivity index (χ1v) is 15.1. The van der Waals surface area contributed by atoms with E-state index in [2.05, 4.69) is 37.3 Å². The molecule has 3 aromatic heterocycles. The molecular formula is C35H31FN8O3. The van der Waals surface area contributed by atoms with Gasteiger partial charge in [0, 0.05) is 54.3 Å². The molecule has 11 nitrogen and oxygen atoms in total. The monoisotopic (exact) mass is 630 g/mol. The standard InChI is InChI=1S/C35H31FN8O3/c1-3-34(45)43-13-10-23(11-14-43)40-31-18-26-30(19-32(31)46-2)38-21-39-35(26)41-29-9-8-25(17-27(29)36)47-33-12-15-44(42-33)24-16-22-6-4-5-7-28(22)37-20-24/h3-9,12,15-21,23,40H,1,10-11,13-14H2,2H3,(H,38,39,41). The number of amides is 1. The number of methoxy groups -OCH3 is 1. The van der Waals surface area contributed by atoms with E-state index in [9.17, 15) is 4.79 Å². The summed E-state index contributed by atoms with van der Waals surface area (Å²) in [6.07, 6.45) is 7.81. The molecule has 0 spiro atoms. The molecule has 6 aromatic rings. The number of piperidine rings is 1. The fourth-order valence-electron chi connectivity index (χ4n) is 5.66. The van der Waals surface area contributed by atoms with Gasteiger partial charge < -0.3 is 25.0 Å². The van der Waals surface area contributed by atoms with Crippen LogP contribution in [-0.2, 0) is 4.79 Å². The lowest BCUT2D eigenvalue weighted by atomic mass is 10.0. The molecule has 0 aliphatic carbocycles. The van der Waals surface area contributed by atoms with Crippen LogP contribution in [0.1, 0.15) is 12.8 Å². The second-order valence-electron chi connectivity index (χ2n) is 11.1. The molecule has 1 saturated heterocycles. The van der Waals surface area contributed by atoms with Gasteiger partial charge in [-0.15, -0.1) is 5.10 Å². The van der Waals surface area contributed by atoms with Gasteiger partial charge in [-0.05, 0) is 49.2 Å². The topological polar surface area (TPSA) is 119 Å². The zero-order valence-electron chi connectivity index (χ0n) is 25.6. The smallest absolute Gasteiger partial charge is 0.245 e. The van der Waals surface area contributed by atoms with Crippen LogP contribution in [0.4, 0.5) is 21.6 Å². The molecule has 0 bridgehead atoms. The number of rotatable bonds is 9. The van der Waals surface area contributed by atoms with Gasteiger partial charge >= 0.3 is 0 Å². The fraction of sp³-hybridized carbons (Fsp3) is 0.171. The van der Waals surface area contributed by atoms with Crippen molar-refractivity contribution in [2.24, 2.45) is 0 Å². The van der Waals surface area contributed by atoms with Crippen LogP contribution in [0.15, 0.2) is 98.1 Å². The second kappa shape index (κ2) is 12.8. The Morgan fingerprint density at radius 1 is 1.00 bits per heavy atom. The third-order valence-electron chi connectivity index (χ3n) is 8.12. The molecule has 0 radical (unpaired) electrons. The molecule has 2 N–H and O–H groups in total. The number of para-hydroxylation sites is 1. The van der Waals surface area contributed by atoms with Gasteiger partial charge in [0.2, 0.25) is 11.8 Å². The van der Waals surface area contributed by atoms with E-state index in [1.165, 1.54) is 18.5 Å². The highest BCUT2D eigenvalue weighted by molar-refractivity contribution is 5.95. The predicted octanol–water partition coefficient (Wildman–Crippen LogP) is 6.64. The average molecular weight is 631 g/mol. The number of pyridine rings is 1. The minimum Gasteiger partial charge on any atom is -0.495 e. The van der Waals surface area contributed by atoms with Crippen molar-refractivity contribution >= 4 is 44.9 Å². The summed E-state index contributed by atoms with van der Waals surface area (Å²) < 4.78 is 28.6. The van der Waals surface area contributed by atoms with Crippen LogP contribution in [0.25, 0.3) is 27.5 Å². The van der Waals surface area contributed by atoms with Crippen molar-refractivity contribution in [3.8, 4) is 23.1 Å². The average Bonchev–Trinajstić information content (AvgIpc) is 3.57. The van der Waals surface area contributed by atoms with Crippen molar-refractivity contribution < 1.29 is 18.7 Å².